The zero-order valence-electron chi connectivity index (χ0n) is 6.84. The Hall–Kier alpha value is 0.373. The van der Waals surface area contributed by atoms with E-state index in [1.807, 2.05) is 38.4 Å². The van der Waals surface area contributed by atoms with E-state index in [1.165, 1.54) is 20.5 Å². The van der Waals surface area contributed by atoms with Crippen LogP contribution in [-0.4, -0.2) is 14.1 Å². The monoisotopic (exact) mass is 311 g/mol. The molecule has 0 atom stereocenters. The van der Waals surface area contributed by atoms with Gasteiger partial charge in [-0.2, -0.15) is 18.2 Å². The zero-order valence-corrected chi connectivity index (χ0v) is 12.0. The molecule has 0 saturated heterocycles. The summed E-state index contributed by atoms with van der Waals surface area (Å²) in [4.78, 5) is 2.06. The minimum absolute atomic E-state index is 1.22. The standard InChI is InChI=1S/C8H10N.HI.Zn/c1-9(2)8-6-4-3-5-7-8;;/h4-7H,1-2H3;1H;/q-1;;+2/p-1. The van der Waals surface area contributed by atoms with Gasteiger partial charge < -0.3 is 4.90 Å². The third-order valence-corrected chi connectivity index (χ3v) is 1.22. The molecule has 3 heteroatoms. The molecule has 0 N–H and O–H groups in total. The van der Waals surface area contributed by atoms with Gasteiger partial charge in [0.15, 0.2) is 0 Å². The van der Waals surface area contributed by atoms with E-state index in [-0.39, 0.29) is 0 Å². The van der Waals surface area contributed by atoms with Crippen LogP contribution in [0.2, 0.25) is 0 Å². The summed E-state index contributed by atoms with van der Waals surface area (Å²) in [6.07, 6.45) is 0. The van der Waals surface area contributed by atoms with Crippen LogP contribution in [-0.2, 0) is 14.8 Å². The van der Waals surface area contributed by atoms with E-state index in [0.717, 1.165) is 0 Å². The second-order valence-corrected chi connectivity index (χ2v) is 2.15. The fraction of sp³-hybridized carbons (Fsp3) is 0.250. The molecule has 0 aromatic heterocycles. The Bertz CT molecular complexity index is 177. The average molecular weight is 312 g/mol. The van der Waals surface area contributed by atoms with Gasteiger partial charge in [0, 0.05) is 14.1 Å². The van der Waals surface area contributed by atoms with Crippen molar-refractivity contribution in [3.63, 3.8) is 0 Å². The molecular formula is C8H10INZn. The van der Waals surface area contributed by atoms with Crippen LogP contribution >= 0.6 is 19.8 Å². The minimum atomic E-state index is 1.22. The molecule has 0 bridgehead atoms. The van der Waals surface area contributed by atoms with E-state index in [1.54, 1.807) is 0 Å². The maximum atomic E-state index is 2.96. The Morgan fingerprint density at radius 3 is 2.00 bits per heavy atom. The summed E-state index contributed by atoms with van der Waals surface area (Å²) in [5, 5.41) is 0. The molecule has 11 heavy (non-hydrogen) atoms. The predicted molar refractivity (Wildman–Crippen MR) is 53.6 cm³/mol. The van der Waals surface area contributed by atoms with Gasteiger partial charge in [-0.15, -0.1) is 12.1 Å². The molecule has 1 aromatic carbocycles. The molecule has 0 aliphatic rings. The topological polar surface area (TPSA) is 3.24 Å². The second-order valence-electron chi connectivity index (χ2n) is 2.15. The Kier molecular flexibility index (Phi) is 7.29. The number of halogens is 1. The molecule has 0 aliphatic heterocycles. The second kappa shape index (κ2) is 7.05. The predicted octanol–water partition coefficient (Wildman–Crippen LogP) is 2.44. The molecular weight excluding hydrogens is 302 g/mol. The first kappa shape index (κ1) is 11.4. The van der Waals surface area contributed by atoms with Crippen molar-refractivity contribution in [1.82, 2.24) is 0 Å². The van der Waals surface area contributed by atoms with E-state index >= 15 is 0 Å². The van der Waals surface area contributed by atoms with E-state index in [2.05, 4.69) is 30.7 Å². The first-order valence-corrected chi connectivity index (χ1v) is 12.3. The van der Waals surface area contributed by atoms with Crippen LogP contribution in [0.15, 0.2) is 24.3 Å². The normalized spacial score (nSPS) is 8.09. The molecule has 0 heterocycles. The van der Waals surface area contributed by atoms with Crippen molar-refractivity contribution in [2.75, 3.05) is 19.0 Å². The molecule has 0 saturated carbocycles. The zero-order chi connectivity index (χ0) is 8.69. The van der Waals surface area contributed by atoms with Crippen LogP contribution in [0, 0.1) is 6.07 Å². The SMILES string of the molecule is CN(C)c1cc[c-]cc1.[Zn+][I]. The third kappa shape index (κ3) is 4.75. The summed E-state index contributed by atoms with van der Waals surface area (Å²) < 4.78 is 0. The fourth-order valence-electron chi connectivity index (χ4n) is 0.676. The van der Waals surface area contributed by atoms with Crippen LogP contribution < -0.4 is 4.90 Å². The number of anilines is 1. The van der Waals surface area contributed by atoms with E-state index in [0.29, 0.717) is 0 Å². The van der Waals surface area contributed by atoms with Gasteiger partial charge in [0.05, 0.1) is 0 Å². The summed E-state index contributed by atoms with van der Waals surface area (Å²) in [7, 11) is 4.05. The molecule has 0 amide bonds. The molecule has 1 nitrogen and oxygen atoms in total. The van der Waals surface area contributed by atoms with Crippen molar-refractivity contribution in [2.45, 2.75) is 0 Å². The quantitative estimate of drug-likeness (QED) is 0.437. The Balaban J connectivity index is 0.000000461. The summed E-state index contributed by atoms with van der Waals surface area (Å²) in [5.41, 5.74) is 1.22. The molecule has 1 rings (SSSR count). The Labute approximate surface area is 89.0 Å². The van der Waals surface area contributed by atoms with Crippen molar-refractivity contribution < 1.29 is 14.8 Å². The van der Waals surface area contributed by atoms with Crippen molar-refractivity contribution in [3.05, 3.63) is 30.3 Å². The van der Waals surface area contributed by atoms with Crippen molar-refractivity contribution in [3.8, 4) is 0 Å². The summed E-state index contributed by atoms with van der Waals surface area (Å²) in [6, 6.07) is 10.8. The van der Waals surface area contributed by atoms with Crippen LogP contribution in [0.4, 0.5) is 5.69 Å². The maximum absolute atomic E-state index is 2.96. The molecule has 0 unspecified atom stereocenters. The first-order valence-electron chi connectivity index (χ1n) is 3.21. The van der Waals surface area contributed by atoms with Crippen LogP contribution in [0.1, 0.15) is 0 Å². The third-order valence-electron chi connectivity index (χ3n) is 1.22. The van der Waals surface area contributed by atoms with Gasteiger partial charge in [-0.3, -0.25) is 0 Å². The van der Waals surface area contributed by atoms with Gasteiger partial charge in [-0.05, 0) is 0 Å². The van der Waals surface area contributed by atoms with E-state index < -0.39 is 0 Å². The molecule has 0 spiro atoms. The van der Waals surface area contributed by atoms with E-state index in [4.69, 9.17) is 0 Å². The summed E-state index contributed by atoms with van der Waals surface area (Å²) >= 11 is 3.62. The average Bonchev–Trinajstić information content (AvgIpc) is 2.10. The Morgan fingerprint density at radius 1 is 1.27 bits per heavy atom. The molecule has 0 aliphatic carbocycles. The van der Waals surface area contributed by atoms with Gasteiger partial charge in [-0.1, -0.05) is 5.69 Å². The van der Waals surface area contributed by atoms with Crippen LogP contribution in [0.3, 0.4) is 0 Å². The number of nitrogens with zero attached hydrogens (tertiary/aromatic N) is 1. The van der Waals surface area contributed by atoms with E-state index in [9.17, 15) is 0 Å². The molecule has 56 valence electrons. The van der Waals surface area contributed by atoms with Crippen molar-refractivity contribution >= 4 is 25.4 Å². The van der Waals surface area contributed by atoms with Gasteiger partial charge in [-0.25, -0.2) is 0 Å². The van der Waals surface area contributed by atoms with Gasteiger partial charge in [0.1, 0.15) is 0 Å². The fourth-order valence-corrected chi connectivity index (χ4v) is 0.676. The van der Waals surface area contributed by atoms with Gasteiger partial charge in [0.25, 0.3) is 0 Å². The summed E-state index contributed by atoms with van der Waals surface area (Å²) in [6.45, 7) is 0. The summed E-state index contributed by atoms with van der Waals surface area (Å²) in [5.74, 6) is 0. The Morgan fingerprint density at radius 2 is 1.73 bits per heavy atom. The number of hydrogen-bond donors (Lipinski definition) is 0. The molecule has 1 aromatic rings. The van der Waals surface area contributed by atoms with Gasteiger partial charge >= 0.3 is 34.5 Å². The number of benzene rings is 1. The first-order chi connectivity index (χ1) is 5.30. The number of hydrogen-bond acceptors (Lipinski definition) is 1. The van der Waals surface area contributed by atoms with Crippen LogP contribution in [0.5, 0.6) is 0 Å². The van der Waals surface area contributed by atoms with Crippen LogP contribution in [0.25, 0.3) is 0 Å². The molecule has 0 fully saturated rings. The van der Waals surface area contributed by atoms with Crippen molar-refractivity contribution in [1.29, 1.82) is 0 Å². The number of rotatable bonds is 1. The molecule has 0 radical (unpaired) electrons. The van der Waals surface area contributed by atoms with Crippen molar-refractivity contribution in [2.24, 2.45) is 0 Å². The van der Waals surface area contributed by atoms with Gasteiger partial charge in [0.2, 0.25) is 0 Å².